The minimum absolute atomic E-state index is 0.171. The third-order valence-electron chi connectivity index (χ3n) is 6.29. The van der Waals surface area contributed by atoms with Crippen LogP contribution in [0.2, 0.25) is 0 Å². The zero-order valence-electron chi connectivity index (χ0n) is 16.3. The van der Waals surface area contributed by atoms with E-state index < -0.39 is 0 Å². The molecule has 24 heavy (non-hydrogen) atoms. The highest BCUT2D eigenvalue weighted by Gasteiger charge is 2.35. The maximum Gasteiger partial charge on any atom is 0.191 e. The van der Waals surface area contributed by atoms with Crippen LogP contribution in [0, 0.1) is 5.41 Å². The molecule has 2 N–H and O–H groups in total. The maximum atomic E-state index is 5.57. The van der Waals surface area contributed by atoms with Gasteiger partial charge in [0.2, 0.25) is 0 Å². The number of ether oxygens (including phenoxy) is 1. The van der Waals surface area contributed by atoms with Gasteiger partial charge in [-0.05, 0) is 58.5 Å². The summed E-state index contributed by atoms with van der Waals surface area (Å²) < 4.78 is 5.57. The Hall–Kier alpha value is -0.810. The molecule has 0 spiro atoms. The van der Waals surface area contributed by atoms with Gasteiger partial charge in [0, 0.05) is 38.4 Å². The molecule has 0 aromatic rings. The molecule has 2 aliphatic rings. The smallest absolute Gasteiger partial charge is 0.191 e. The minimum Gasteiger partial charge on any atom is -0.381 e. The summed E-state index contributed by atoms with van der Waals surface area (Å²) in [5.74, 6) is 0.977. The van der Waals surface area contributed by atoms with Crippen LogP contribution in [-0.4, -0.2) is 63.3 Å². The Balaban J connectivity index is 1.97. The van der Waals surface area contributed by atoms with Crippen LogP contribution in [0.5, 0.6) is 0 Å². The summed E-state index contributed by atoms with van der Waals surface area (Å²) >= 11 is 0. The van der Waals surface area contributed by atoms with Crippen LogP contribution < -0.4 is 10.6 Å². The minimum atomic E-state index is 0.171. The van der Waals surface area contributed by atoms with E-state index in [4.69, 9.17) is 9.73 Å². The fourth-order valence-corrected chi connectivity index (χ4v) is 4.12. The number of hydrogen-bond donors (Lipinski definition) is 2. The molecule has 1 saturated heterocycles. The van der Waals surface area contributed by atoms with Gasteiger partial charge in [0.15, 0.2) is 5.96 Å². The summed E-state index contributed by atoms with van der Waals surface area (Å²) in [5, 5.41) is 7.05. The van der Waals surface area contributed by atoms with E-state index >= 15 is 0 Å². The van der Waals surface area contributed by atoms with Crippen molar-refractivity contribution in [2.24, 2.45) is 10.4 Å². The predicted molar refractivity (Wildman–Crippen MR) is 102 cm³/mol. The lowest BCUT2D eigenvalue weighted by Crippen LogP contribution is -2.57. The molecule has 2 rings (SSSR count). The maximum absolute atomic E-state index is 5.57. The lowest BCUT2D eigenvalue weighted by Gasteiger charge is -2.43. The van der Waals surface area contributed by atoms with Gasteiger partial charge in [-0.2, -0.15) is 0 Å². The number of hydrogen-bond acceptors (Lipinski definition) is 3. The van der Waals surface area contributed by atoms with Crippen LogP contribution in [-0.2, 0) is 4.74 Å². The summed E-state index contributed by atoms with van der Waals surface area (Å²) in [4.78, 5) is 7.32. The molecule has 0 aromatic carbocycles. The van der Waals surface area contributed by atoms with E-state index in [9.17, 15) is 0 Å². The summed E-state index contributed by atoms with van der Waals surface area (Å²) in [6, 6.07) is 0. The first-order valence-corrected chi connectivity index (χ1v) is 9.83. The third-order valence-corrected chi connectivity index (χ3v) is 6.29. The summed E-state index contributed by atoms with van der Waals surface area (Å²) in [7, 11) is 4.36. The molecule has 2 fully saturated rings. The van der Waals surface area contributed by atoms with Gasteiger partial charge in [-0.25, -0.2) is 0 Å². The molecule has 0 aromatic heterocycles. The lowest BCUT2D eigenvalue weighted by atomic mass is 9.83. The standard InChI is InChI=1S/C19H38N4O/c1-5-18(9-7-8-10-18)15-21-17(20-6-2)22-16-19(23(3)4)11-13-24-14-12-19/h5-16H2,1-4H3,(H2,20,21,22). The van der Waals surface area contributed by atoms with E-state index in [1.165, 1.54) is 32.1 Å². The second-order valence-corrected chi connectivity index (χ2v) is 7.84. The Morgan fingerprint density at radius 2 is 1.71 bits per heavy atom. The fourth-order valence-electron chi connectivity index (χ4n) is 4.12. The molecule has 0 bridgehead atoms. The van der Waals surface area contributed by atoms with Crippen molar-refractivity contribution < 1.29 is 4.74 Å². The molecular weight excluding hydrogens is 300 g/mol. The van der Waals surface area contributed by atoms with Gasteiger partial charge in [-0.3, -0.25) is 4.99 Å². The molecule has 0 unspecified atom stereocenters. The van der Waals surface area contributed by atoms with Crippen molar-refractivity contribution in [3.05, 3.63) is 0 Å². The SMILES string of the molecule is CCNC(=NCC1(CC)CCCC1)NCC1(N(C)C)CCOCC1. The molecule has 1 aliphatic carbocycles. The van der Waals surface area contributed by atoms with Crippen molar-refractivity contribution in [1.29, 1.82) is 0 Å². The van der Waals surface area contributed by atoms with Gasteiger partial charge in [-0.1, -0.05) is 19.8 Å². The van der Waals surface area contributed by atoms with Gasteiger partial charge in [-0.15, -0.1) is 0 Å². The van der Waals surface area contributed by atoms with Gasteiger partial charge >= 0.3 is 0 Å². The zero-order valence-corrected chi connectivity index (χ0v) is 16.3. The summed E-state index contributed by atoms with van der Waals surface area (Å²) in [6.07, 6.45) is 8.82. The first-order chi connectivity index (χ1) is 11.6. The van der Waals surface area contributed by atoms with E-state index in [-0.39, 0.29) is 5.54 Å². The van der Waals surface area contributed by atoms with E-state index in [0.717, 1.165) is 51.6 Å². The average molecular weight is 339 g/mol. The van der Waals surface area contributed by atoms with Crippen LogP contribution in [0.4, 0.5) is 0 Å². The van der Waals surface area contributed by atoms with E-state index in [0.29, 0.717) is 5.41 Å². The van der Waals surface area contributed by atoms with Crippen LogP contribution >= 0.6 is 0 Å². The topological polar surface area (TPSA) is 48.9 Å². The Morgan fingerprint density at radius 1 is 1.04 bits per heavy atom. The summed E-state index contributed by atoms with van der Waals surface area (Å²) in [5.41, 5.74) is 0.616. The average Bonchev–Trinajstić information content (AvgIpc) is 3.07. The fraction of sp³-hybridized carbons (Fsp3) is 0.947. The van der Waals surface area contributed by atoms with Crippen molar-refractivity contribution in [2.45, 2.75) is 64.3 Å². The van der Waals surface area contributed by atoms with Crippen LogP contribution in [0.3, 0.4) is 0 Å². The second-order valence-electron chi connectivity index (χ2n) is 7.84. The normalized spacial score (nSPS) is 23.5. The van der Waals surface area contributed by atoms with Crippen LogP contribution in [0.1, 0.15) is 58.8 Å². The number of nitrogens with one attached hydrogen (secondary N) is 2. The molecule has 140 valence electrons. The van der Waals surface area contributed by atoms with Crippen LogP contribution in [0.15, 0.2) is 4.99 Å². The molecule has 0 atom stereocenters. The molecule has 1 heterocycles. The highest BCUT2D eigenvalue weighted by molar-refractivity contribution is 5.79. The molecule has 1 aliphatic heterocycles. The largest absolute Gasteiger partial charge is 0.381 e. The predicted octanol–water partition coefficient (Wildman–Crippen LogP) is 2.62. The number of guanidine groups is 1. The number of nitrogens with zero attached hydrogens (tertiary/aromatic N) is 2. The number of aliphatic imine (C=N–C) groups is 1. The van der Waals surface area contributed by atoms with Gasteiger partial charge in [0.05, 0.1) is 0 Å². The van der Waals surface area contributed by atoms with E-state index in [1.54, 1.807) is 0 Å². The van der Waals surface area contributed by atoms with Crippen molar-refractivity contribution >= 4 is 5.96 Å². The molecule has 5 nitrogen and oxygen atoms in total. The molecular formula is C19H38N4O. The molecule has 0 amide bonds. The Labute approximate surface area is 148 Å². The van der Waals surface area contributed by atoms with Crippen molar-refractivity contribution in [3.8, 4) is 0 Å². The molecule has 0 radical (unpaired) electrons. The Morgan fingerprint density at radius 3 is 2.25 bits per heavy atom. The van der Waals surface area contributed by atoms with Crippen molar-refractivity contribution in [3.63, 3.8) is 0 Å². The molecule has 1 saturated carbocycles. The number of rotatable bonds is 7. The quantitative estimate of drug-likeness (QED) is 0.553. The highest BCUT2D eigenvalue weighted by Crippen LogP contribution is 2.41. The second kappa shape index (κ2) is 9.04. The Kier molecular flexibility index (Phi) is 7.35. The summed E-state index contributed by atoms with van der Waals surface area (Å²) in [6.45, 7) is 8.95. The van der Waals surface area contributed by atoms with Crippen molar-refractivity contribution in [1.82, 2.24) is 15.5 Å². The van der Waals surface area contributed by atoms with Crippen molar-refractivity contribution in [2.75, 3.05) is 46.9 Å². The molecule has 5 heteroatoms. The van der Waals surface area contributed by atoms with E-state index in [1.807, 2.05) is 0 Å². The first kappa shape index (κ1) is 19.5. The lowest BCUT2D eigenvalue weighted by molar-refractivity contribution is -0.00501. The third kappa shape index (κ3) is 4.85. The zero-order chi connectivity index (χ0) is 17.5. The monoisotopic (exact) mass is 338 g/mol. The Bertz CT molecular complexity index is 396. The van der Waals surface area contributed by atoms with Gasteiger partial charge in [0.25, 0.3) is 0 Å². The van der Waals surface area contributed by atoms with Gasteiger partial charge < -0.3 is 20.3 Å². The van der Waals surface area contributed by atoms with E-state index in [2.05, 4.69) is 43.5 Å². The van der Waals surface area contributed by atoms with Crippen LogP contribution in [0.25, 0.3) is 0 Å². The highest BCUT2D eigenvalue weighted by atomic mass is 16.5. The number of likely N-dealkylation sites (N-methyl/N-ethyl adjacent to an activating group) is 1. The van der Waals surface area contributed by atoms with Gasteiger partial charge in [0.1, 0.15) is 0 Å². The first-order valence-electron chi connectivity index (χ1n) is 9.83.